The number of H-pyrrole nitrogens is 1. The van der Waals surface area contributed by atoms with Crippen LogP contribution < -0.4 is 21.3 Å². The van der Waals surface area contributed by atoms with E-state index in [1.165, 1.54) is 66.2 Å². The number of aliphatic hydroxyl groups is 3. The number of carbonyl (C=O) groups excluding carboxylic acids is 7. The summed E-state index contributed by atoms with van der Waals surface area (Å²) in [6.45, 7) is 12.6. The molecule has 12 atom stereocenters. The van der Waals surface area contributed by atoms with E-state index in [4.69, 9.17) is 33.2 Å². The summed E-state index contributed by atoms with van der Waals surface area (Å²) in [5.74, 6) is -12.3. The van der Waals surface area contributed by atoms with Crippen molar-refractivity contribution in [1.29, 1.82) is 0 Å². The van der Waals surface area contributed by atoms with E-state index in [0.29, 0.717) is 11.8 Å². The molecule has 4 aliphatic heterocycles. The van der Waals surface area contributed by atoms with Crippen LogP contribution in [0.5, 0.6) is 11.5 Å². The Bertz CT molecular complexity index is 2940. The van der Waals surface area contributed by atoms with Crippen LogP contribution in [0.25, 0.3) is 0 Å². The van der Waals surface area contributed by atoms with Crippen molar-refractivity contribution in [3.8, 4) is 11.5 Å². The van der Waals surface area contributed by atoms with Crippen LogP contribution in [-0.4, -0.2) is 140 Å². The number of phenolic OH excluding ortho intramolecular Hbond substituents is 1. The highest BCUT2D eigenvalue weighted by Gasteiger charge is 2.53. The standard InChI is InChI=1S/C53H65N3O20S/c1-23-12-11-13-24(2)50(67)54-40-44(64)38-37(45(65)48(40)77-19-18-71-35(59)14-15-36(60)72-22-33-31(58)20-34(75-33)56-21-25(3)51(68)55-52(56)69)39-47(29(7)43(38)63)76-53(9,49(39)66)73-17-16-32(70-10)26(4)46(74-30(8)57)28(6)42(62)27(5)41(23)61/h11-13,16-17,21,23,26-28,31-34,41-42,46,58,61-63H,14-15,18-20,22H2,1-10H3,(H,54,67)(H,55,68,69)/b12-11+,17-16+,24-13-/t23-,26+,27+,28+,31?,32-,33+,34+,41-,42+,46+,53-/m0/s1. The van der Waals surface area contributed by atoms with Gasteiger partial charge >= 0.3 is 29.4 Å². The Hall–Kier alpha value is -6.70. The van der Waals surface area contributed by atoms with E-state index in [0.717, 1.165) is 10.8 Å². The highest BCUT2D eigenvalue weighted by Crippen LogP contribution is 2.49. The van der Waals surface area contributed by atoms with Crippen LogP contribution in [0.4, 0.5) is 0 Å². The molecule has 1 fully saturated rings. The van der Waals surface area contributed by atoms with E-state index in [1.807, 2.05) is 0 Å². The predicted octanol–water partition coefficient (Wildman–Crippen LogP) is 3.06. The number of ether oxygens (including phenoxy) is 7. The number of nitrogens with zero attached hydrogens (tertiary/aromatic N) is 1. The molecule has 418 valence electrons. The molecule has 0 radical (unpaired) electrons. The van der Waals surface area contributed by atoms with Crippen molar-refractivity contribution in [2.24, 2.45) is 23.7 Å². The van der Waals surface area contributed by atoms with Gasteiger partial charge in [-0.3, -0.25) is 47.9 Å². The highest BCUT2D eigenvalue weighted by atomic mass is 32.2. The number of phenols is 1. The lowest BCUT2D eigenvalue weighted by molar-refractivity contribution is -0.160. The zero-order chi connectivity index (χ0) is 57.0. The number of benzene rings is 1. The molecular formula is C53H65N3O20S. The van der Waals surface area contributed by atoms with Crippen LogP contribution in [0.1, 0.15) is 116 Å². The van der Waals surface area contributed by atoms with Crippen molar-refractivity contribution in [3.05, 3.63) is 102 Å². The third kappa shape index (κ3) is 12.8. The van der Waals surface area contributed by atoms with E-state index in [2.05, 4.69) is 10.3 Å². The van der Waals surface area contributed by atoms with E-state index >= 15 is 0 Å². The number of aromatic amines is 1. The first-order valence-electron chi connectivity index (χ1n) is 24.9. The van der Waals surface area contributed by atoms with Crippen LogP contribution in [0, 0.1) is 37.5 Å². The molecule has 7 rings (SSSR count). The number of ketones is 3. The van der Waals surface area contributed by atoms with Gasteiger partial charge in [-0.05, 0) is 26.8 Å². The second-order valence-corrected chi connectivity index (χ2v) is 20.8. The minimum absolute atomic E-state index is 0.0214. The number of carbonyl (C=O) groups is 7. The maximum atomic E-state index is 14.8. The number of esters is 3. The zero-order valence-corrected chi connectivity index (χ0v) is 45.1. The molecule has 1 saturated heterocycles. The number of nitrogens with one attached hydrogen (secondary N) is 2. The summed E-state index contributed by atoms with van der Waals surface area (Å²) in [5, 5.41) is 47.6. The van der Waals surface area contributed by atoms with Gasteiger partial charge in [0.2, 0.25) is 11.6 Å². The maximum Gasteiger partial charge on any atom is 0.330 e. The number of Topliss-reactive ketones (excluding diaryl/α,β-unsaturated/α-hetero) is 3. The smallest absolute Gasteiger partial charge is 0.330 e. The number of aromatic nitrogens is 2. The van der Waals surface area contributed by atoms with Gasteiger partial charge in [-0.15, -0.1) is 11.8 Å². The van der Waals surface area contributed by atoms with E-state index in [-0.39, 0.29) is 34.6 Å². The average molecular weight is 1100 g/mol. The Morgan fingerprint density at radius 3 is 2.22 bits per heavy atom. The molecule has 5 heterocycles. The van der Waals surface area contributed by atoms with Gasteiger partial charge in [-0.2, -0.15) is 0 Å². The van der Waals surface area contributed by atoms with Gasteiger partial charge in [0.1, 0.15) is 48.8 Å². The molecule has 1 unspecified atom stereocenters. The fraction of sp³-hybridized carbons (Fsp3) is 0.528. The summed E-state index contributed by atoms with van der Waals surface area (Å²) in [6.07, 6.45) is 0.0263. The number of thioether (sulfide) groups is 1. The zero-order valence-electron chi connectivity index (χ0n) is 44.2. The van der Waals surface area contributed by atoms with E-state index in [1.54, 1.807) is 33.8 Å². The fourth-order valence-electron chi connectivity index (χ4n) is 9.46. The Balaban J connectivity index is 1.23. The summed E-state index contributed by atoms with van der Waals surface area (Å²) < 4.78 is 40.8. The molecule has 1 aliphatic carbocycles. The van der Waals surface area contributed by atoms with E-state index < -0.39 is 184 Å². The summed E-state index contributed by atoms with van der Waals surface area (Å²) >= 11 is 0.689. The van der Waals surface area contributed by atoms with Gasteiger partial charge in [-0.25, -0.2) is 4.79 Å². The lowest BCUT2D eigenvalue weighted by Crippen LogP contribution is -2.46. The number of aliphatic hydroxyl groups excluding tert-OH is 3. The second kappa shape index (κ2) is 24.7. The van der Waals surface area contributed by atoms with Gasteiger partial charge in [0, 0.05) is 79.7 Å². The number of allylic oxidation sites excluding steroid dienone is 4. The lowest BCUT2D eigenvalue weighted by Gasteiger charge is -2.38. The second-order valence-electron chi connectivity index (χ2n) is 19.7. The van der Waals surface area contributed by atoms with Crippen molar-refractivity contribution >= 4 is 52.9 Å². The minimum atomic E-state index is -2.20. The topological polar surface area (TPSA) is 332 Å². The van der Waals surface area contributed by atoms with E-state index in [9.17, 15) is 63.6 Å². The summed E-state index contributed by atoms with van der Waals surface area (Å²) in [5.41, 5.74) is -3.25. The SMILES string of the molecule is CO[C@H]1/C=C/O[C@@]2(C)Oc3c(C)c(O)c4c(c3C2=O)C(=O)C(SCCOC(=O)CCC(=O)OC[C@H]2O[C@@H](n3cc(C)c(=O)[nH]c3=O)CC2O)=C(NC(=O)/C(C)=C\C=C\[C@H](C)[C@H](O)[C@@H](C)[C@@H](O)[C@@H](C)[C@H](OC(C)=O)[C@@H]1C)C4=O. The normalized spacial score (nSPS) is 30.4. The van der Waals surface area contributed by atoms with Crippen LogP contribution in [0.3, 0.4) is 0 Å². The summed E-state index contributed by atoms with van der Waals surface area (Å²) in [7, 11) is 1.38. The third-order valence-electron chi connectivity index (χ3n) is 14.1. The average Bonchev–Trinajstić information content (AvgIpc) is 3.90. The first kappa shape index (κ1) is 59.5. The maximum absolute atomic E-state index is 14.8. The van der Waals surface area contributed by atoms with Crippen molar-refractivity contribution in [1.82, 2.24) is 14.9 Å². The third-order valence-corrected chi connectivity index (χ3v) is 15.2. The molecule has 6 N–H and O–H groups in total. The van der Waals surface area contributed by atoms with Crippen LogP contribution >= 0.6 is 11.8 Å². The highest BCUT2D eigenvalue weighted by molar-refractivity contribution is 8.04. The van der Waals surface area contributed by atoms with Gasteiger partial charge in [0.15, 0.2) is 0 Å². The Kier molecular flexibility index (Phi) is 19.1. The predicted molar refractivity (Wildman–Crippen MR) is 272 cm³/mol. The number of methoxy groups -OCH3 is 1. The monoisotopic (exact) mass is 1100 g/mol. The molecule has 2 aromatic rings. The first-order chi connectivity index (χ1) is 36.2. The number of aromatic hydroxyl groups is 1. The van der Waals surface area contributed by atoms with Crippen LogP contribution in [0.15, 0.2) is 62.5 Å². The number of fused-ring (bicyclic) bond motifs is 14. The van der Waals surface area contributed by atoms with Gasteiger partial charge < -0.3 is 58.9 Å². The molecular weight excluding hydrogens is 1030 g/mol. The van der Waals surface area contributed by atoms with Gasteiger partial charge in [0.05, 0.1) is 65.1 Å². The van der Waals surface area contributed by atoms with Crippen molar-refractivity contribution in [2.75, 3.05) is 26.1 Å². The molecule has 0 spiro atoms. The summed E-state index contributed by atoms with van der Waals surface area (Å²) in [4.78, 5) is 121. The summed E-state index contributed by atoms with van der Waals surface area (Å²) in [6, 6.07) is 0. The fourth-order valence-corrected chi connectivity index (χ4v) is 10.4. The van der Waals surface area contributed by atoms with Crippen molar-refractivity contribution in [2.45, 2.75) is 130 Å². The molecule has 5 bridgehead atoms. The number of rotatable bonds is 12. The lowest BCUT2D eigenvalue weighted by atomic mass is 9.78. The molecule has 5 aliphatic rings. The van der Waals surface area contributed by atoms with Crippen LogP contribution in [0.2, 0.25) is 0 Å². The van der Waals surface area contributed by atoms with Gasteiger partial charge in [-0.1, -0.05) is 45.9 Å². The van der Waals surface area contributed by atoms with Gasteiger partial charge in [0.25, 0.3) is 17.2 Å². The Labute approximate surface area is 446 Å². The molecule has 77 heavy (non-hydrogen) atoms. The van der Waals surface area contributed by atoms with Crippen molar-refractivity contribution < 1.29 is 87.1 Å². The molecule has 0 saturated carbocycles. The van der Waals surface area contributed by atoms with Crippen LogP contribution in [-0.2, 0) is 47.6 Å². The molecule has 23 nitrogen and oxygen atoms in total. The number of hydrogen-bond acceptors (Lipinski definition) is 21. The largest absolute Gasteiger partial charge is 0.507 e. The number of amides is 1. The number of hydrogen-bond donors (Lipinski definition) is 6. The Morgan fingerprint density at radius 2 is 1.56 bits per heavy atom. The minimum Gasteiger partial charge on any atom is -0.507 e. The molecule has 1 amide bonds. The quantitative estimate of drug-likeness (QED) is 0.101. The molecule has 24 heteroatoms. The molecule has 1 aromatic carbocycles. The Morgan fingerprint density at radius 1 is 0.883 bits per heavy atom. The van der Waals surface area contributed by atoms with Crippen molar-refractivity contribution in [3.63, 3.8) is 0 Å². The first-order valence-corrected chi connectivity index (χ1v) is 25.8. The molecule has 1 aromatic heterocycles. The number of aryl methyl sites for hydroxylation is 1.